The van der Waals surface area contributed by atoms with Crippen molar-refractivity contribution >= 4 is 45.1 Å². The number of nitrogens with one attached hydrogen (secondary N) is 1. The molecule has 1 aliphatic rings. The lowest BCUT2D eigenvalue weighted by Crippen LogP contribution is -2.27. The second-order valence-electron chi connectivity index (χ2n) is 6.45. The average Bonchev–Trinajstić information content (AvgIpc) is 3.07. The molecule has 0 aliphatic heterocycles. The van der Waals surface area contributed by atoms with Crippen molar-refractivity contribution in [3.05, 3.63) is 28.5 Å². The molecule has 9 heteroatoms. The summed E-state index contributed by atoms with van der Waals surface area (Å²) in [6.45, 7) is 4.02. The van der Waals surface area contributed by atoms with Crippen molar-refractivity contribution in [3.8, 4) is 0 Å². The van der Waals surface area contributed by atoms with Gasteiger partial charge in [-0.3, -0.25) is 4.79 Å². The number of nitrogens with zero attached hydrogens (tertiary/aromatic N) is 4. The average molecular weight is 420 g/mol. The molecule has 0 radical (unpaired) electrons. The van der Waals surface area contributed by atoms with Crippen molar-refractivity contribution in [2.45, 2.75) is 31.6 Å². The molecule has 2 aromatic rings. The Bertz CT molecular complexity index is 881. The molecule has 1 fully saturated rings. The topological polar surface area (TPSA) is 124 Å². The highest BCUT2D eigenvalue weighted by molar-refractivity contribution is 9.10. The van der Waals surface area contributed by atoms with Crippen molar-refractivity contribution in [3.63, 3.8) is 0 Å². The number of carbonyl (C=O) groups is 1. The predicted octanol–water partition coefficient (Wildman–Crippen LogP) is 2.05. The van der Waals surface area contributed by atoms with Gasteiger partial charge in [0.25, 0.3) is 0 Å². The van der Waals surface area contributed by atoms with Crippen LogP contribution in [0.2, 0.25) is 0 Å². The second-order valence-corrected chi connectivity index (χ2v) is 7.24. The van der Waals surface area contributed by atoms with Crippen LogP contribution in [0, 0.1) is 5.92 Å². The number of primary amides is 1. The first-order chi connectivity index (χ1) is 12.4. The standard InChI is InChI=1S/C17H22BrN7O/c1-9(7-22-21-2)12-8-23-25-15(19)13(18)14(24-17(12)25)10-3-5-11(6-4-10)16(20)26/h7-8,10-11,21H,1,3-6,19H2,2H3,(H2,20,26)/b22-7-. The molecule has 0 unspecified atom stereocenters. The van der Waals surface area contributed by atoms with Crippen molar-refractivity contribution in [2.75, 3.05) is 12.8 Å². The number of hydrogen-bond acceptors (Lipinski definition) is 6. The predicted molar refractivity (Wildman–Crippen MR) is 106 cm³/mol. The monoisotopic (exact) mass is 419 g/mol. The number of nitrogens with two attached hydrogens (primary N) is 2. The normalized spacial score (nSPS) is 20.5. The lowest BCUT2D eigenvalue weighted by atomic mass is 9.80. The van der Waals surface area contributed by atoms with Crippen LogP contribution in [-0.4, -0.2) is 33.8 Å². The zero-order valence-electron chi connectivity index (χ0n) is 14.6. The number of allylic oxidation sites excluding steroid dienone is 1. The van der Waals surface area contributed by atoms with Crippen LogP contribution in [0.4, 0.5) is 5.82 Å². The van der Waals surface area contributed by atoms with Gasteiger partial charge in [-0.15, -0.1) is 0 Å². The van der Waals surface area contributed by atoms with Crippen molar-refractivity contribution < 1.29 is 4.79 Å². The van der Waals surface area contributed by atoms with E-state index in [1.165, 1.54) is 0 Å². The summed E-state index contributed by atoms with van der Waals surface area (Å²) in [6, 6.07) is 0. The molecule has 0 spiro atoms. The number of rotatable bonds is 5. The molecular formula is C17H22BrN7O. The fourth-order valence-electron chi connectivity index (χ4n) is 3.37. The Morgan fingerprint density at radius 1 is 1.46 bits per heavy atom. The van der Waals surface area contributed by atoms with Crippen LogP contribution < -0.4 is 16.9 Å². The number of carbonyl (C=O) groups excluding carboxylic acids is 1. The molecule has 2 heterocycles. The highest BCUT2D eigenvalue weighted by atomic mass is 79.9. The molecule has 3 rings (SSSR count). The highest BCUT2D eigenvalue weighted by Crippen LogP contribution is 2.40. The Labute approximate surface area is 159 Å². The van der Waals surface area contributed by atoms with E-state index in [-0.39, 0.29) is 17.7 Å². The third kappa shape index (κ3) is 3.31. The molecule has 1 aliphatic carbocycles. The molecule has 0 saturated heterocycles. The van der Waals surface area contributed by atoms with Crippen LogP contribution in [0.3, 0.4) is 0 Å². The van der Waals surface area contributed by atoms with Gasteiger partial charge in [0.15, 0.2) is 5.65 Å². The maximum Gasteiger partial charge on any atom is 0.220 e. The van der Waals surface area contributed by atoms with Crippen molar-refractivity contribution in [1.82, 2.24) is 20.0 Å². The minimum absolute atomic E-state index is 0.0471. The van der Waals surface area contributed by atoms with E-state index in [9.17, 15) is 4.79 Å². The maximum atomic E-state index is 11.4. The third-order valence-corrected chi connectivity index (χ3v) is 5.67. The SMILES string of the molecule is C=C(/C=N\NC)c1cnn2c(N)c(Br)c(C3CCC(C(N)=O)CC3)nc12. The van der Waals surface area contributed by atoms with Gasteiger partial charge in [0.2, 0.25) is 5.91 Å². The van der Waals surface area contributed by atoms with E-state index in [0.29, 0.717) is 17.0 Å². The number of amides is 1. The van der Waals surface area contributed by atoms with Crippen molar-refractivity contribution in [2.24, 2.45) is 16.8 Å². The zero-order chi connectivity index (χ0) is 18.8. The molecule has 5 N–H and O–H groups in total. The van der Waals surface area contributed by atoms with E-state index in [4.69, 9.17) is 16.5 Å². The van der Waals surface area contributed by atoms with Crippen molar-refractivity contribution in [1.29, 1.82) is 0 Å². The molecule has 0 bridgehead atoms. The summed E-state index contributed by atoms with van der Waals surface area (Å²) >= 11 is 3.57. The lowest BCUT2D eigenvalue weighted by Gasteiger charge is -2.27. The second kappa shape index (κ2) is 7.45. The Hall–Kier alpha value is -2.42. The summed E-state index contributed by atoms with van der Waals surface area (Å²) in [6.07, 6.45) is 6.54. The van der Waals surface area contributed by atoms with Gasteiger partial charge in [-0.05, 0) is 47.2 Å². The van der Waals surface area contributed by atoms with Crippen LogP contribution in [0.1, 0.15) is 42.9 Å². The van der Waals surface area contributed by atoms with Gasteiger partial charge in [0.1, 0.15) is 5.82 Å². The van der Waals surface area contributed by atoms with E-state index >= 15 is 0 Å². The molecular weight excluding hydrogens is 398 g/mol. The number of nitrogen functional groups attached to an aromatic ring is 1. The van der Waals surface area contributed by atoms with Crippen LogP contribution in [-0.2, 0) is 4.79 Å². The smallest absolute Gasteiger partial charge is 0.220 e. The summed E-state index contributed by atoms with van der Waals surface area (Å²) in [4.78, 5) is 16.2. The number of aromatic nitrogens is 3. The lowest BCUT2D eigenvalue weighted by molar-refractivity contribution is -0.122. The first-order valence-corrected chi connectivity index (χ1v) is 9.24. The van der Waals surface area contributed by atoms with Gasteiger partial charge >= 0.3 is 0 Å². The number of halogens is 1. The Morgan fingerprint density at radius 2 is 2.15 bits per heavy atom. The van der Waals surface area contributed by atoms with Gasteiger partial charge in [-0.1, -0.05) is 6.58 Å². The van der Waals surface area contributed by atoms with Gasteiger partial charge < -0.3 is 16.9 Å². The van der Waals surface area contributed by atoms with E-state index in [0.717, 1.165) is 41.4 Å². The molecule has 138 valence electrons. The highest BCUT2D eigenvalue weighted by Gasteiger charge is 2.29. The molecule has 8 nitrogen and oxygen atoms in total. The zero-order valence-corrected chi connectivity index (χ0v) is 16.2. The summed E-state index contributed by atoms with van der Waals surface area (Å²) in [5, 5.41) is 8.31. The van der Waals surface area contributed by atoms with Gasteiger partial charge in [-0.2, -0.15) is 14.7 Å². The van der Waals surface area contributed by atoms with Gasteiger partial charge in [0.05, 0.1) is 22.6 Å². The summed E-state index contributed by atoms with van der Waals surface area (Å²) in [5.41, 5.74) is 17.4. The summed E-state index contributed by atoms with van der Waals surface area (Å²) < 4.78 is 2.34. The van der Waals surface area contributed by atoms with Crippen LogP contribution in [0.15, 0.2) is 22.3 Å². The minimum Gasteiger partial charge on any atom is -0.383 e. The minimum atomic E-state index is -0.219. The van der Waals surface area contributed by atoms with Gasteiger partial charge in [0, 0.05) is 24.4 Å². The number of hydrogen-bond donors (Lipinski definition) is 3. The molecule has 0 atom stereocenters. The third-order valence-electron chi connectivity index (χ3n) is 4.86. The number of hydrazone groups is 1. The molecule has 2 aromatic heterocycles. The van der Waals surface area contributed by atoms with Crippen LogP contribution in [0.25, 0.3) is 11.2 Å². The van der Waals surface area contributed by atoms with E-state index in [2.05, 4.69) is 38.1 Å². The quantitative estimate of drug-likeness (QED) is 0.505. The molecule has 0 aromatic carbocycles. The Balaban J connectivity index is 1.99. The van der Waals surface area contributed by atoms with E-state index < -0.39 is 0 Å². The fourth-order valence-corrected chi connectivity index (χ4v) is 3.95. The first-order valence-electron chi connectivity index (χ1n) is 8.45. The summed E-state index contributed by atoms with van der Waals surface area (Å²) in [5.74, 6) is 0.443. The molecule has 26 heavy (non-hydrogen) atoms. The Kier molecular flexibility index (Phi) is 5.26. The van der Waals surface area contributed by atoms with E-state index in [1.54, 1.807) is 24.0 Å². The fraction of sp³-hybridized carbons (Fsp3) is 0.412. The number of anilines is 1. The summed E-state index contributed by atoms with van der Waals surface area (Å²) in [7, 11) is 1.72. The largest absolute Gasteiger partial charge is 0.383 e. The van der Waals surface area contributed by atoms with E-state index in [1.807, 2.05) is 0 Å². The van der Waals surface area contributed by atoms with Crippen LogP contribution in [0.5, 0.6) is 0 Å². The van der Waals surface area contributed by atoms with Crippen LogP contribution >= 0.6 is 15.9 Å². The van der Waals surface area contributed by atoms with Gasteiger partial charge in [-0.25, -0.2) is 4.98 Å². The molecule has 1 amide bonds. The number of fused-ring (bicyclic) bond motifs is 1. The molecule has 1 saturated carbocycles. The Morgan fingerprint density at radius 3 is 2.77 bits per heavy atom. The first kappa shape index (κ1) is 18.4. The maximum absolute atomic E-state index is 11.4.